The maximum absolute atomic E-state index is 11.6. The van der Waals surface area contributed by atoms with Crippen LogP contribution >= 0.6 is 0 Å². The van der Waals surface area contributed by atoms with E-state index < -0.39 is 5.60 Å². The van der Waals surface area contributed by atoms with E-state index in [-0.39, 0.29) is 29.1 Å². The van der Waals surface area contributed by atoms with Crippen LogP contribution in [0.2, 0.25) is 0 Å². The number of nitrogens with two attached hydrogens (primary N) is 1. The van der Waals surface area contributed by atoms with Crippen LogP contribution in [0, 0.1) is 5.92 Å². The van der Waals surface area contributed by atoms with Gasteiger partial charge in [0.15, 0.2) is 0 Å². The van der Waals surface area contributed by atoms with Crippen LogP contribution in [-0.2, 0) is 14.3 Å². The van der Waals surface area contributed by atoms with Crippen molar-refractivity contribution in [2.45, 2.75) is 84.5 Å². The summed E-state index contributed by atoms with van der Waals surface area (Å²) in [5, 5.41) is 7.86. The molecule has 0 aromatic heterocycles. The summed E-state index contributed by atoms with van der Waals surface area (Å²) in [7, 11) is 0. The highest BCUT2D eigenvalue weighted by Gasteiger charge is 2.31. The van der Waals surface area contributed by atoms with Crippen molar-refractivity contribution in [3.05, 3.63) is 0 Å². The first-order chi connectivity index (χ1) is 12.7. The standard InChI is InChI=1S/C11H22N2O2.C9H18N2O2/c1-10(2,3)15-9(14)13-11(4)6-5-7-12-8-11;1-9(2,3)13-8(12)7-4-5-11(10)6-7/h12H,5-8H2,1-4H3,(H,13,14);7H,4-6,10H2,1-3H3. The van der Waals surface area contributed by atoms with Gasteiger partial charge in [-0.3, -0.25) is 10.6 Å². The van der Waals surface area contributed by atoms with Crippen LogP contribution in [0.5, 0.6) is 0 Å². The third kappa shape index (κ3) is 10.2. The minimum absolute atomic E-state index is 0.0378. The molecule has 2 atom stereocenters. The third-order valence-corrected chi connectivity index (χ3v) is 4.36. The van der Waals surface area contributed by atoms with E-state index in [0.29, 0.717) is 6.54 Å². The van der Waals surface area contributed by atoms with Crippen molar-refractivity contribution < 1.29 is 19.1 Å². The second-order valence-corrected chi connectivity index (χ2v) is 9.98. The van der Waals surface area contributed by atoms with Gasteiger partial charge in [0.1, 0.15) is 11.2 Å². The predicted molar refractivity (Wildman–Crippen MR) is 110 cm³/mol. The molecular formula is C20H40N4O4. The summed E-state index contributed by atoms with van der Waals surface area (Å²) >= 11 is 0. The van der Waals surface area contributed by atoms with Crippen molar-refractivity contribution in [1.82, 2.24) is 15.6 Å². The minimum atomic E-state index is -0.428. The van der Waals surface area contributed by atoms with E-state index >= 15 is 0 Å². The Bertz CT molecular complexity index is 519. The molecule has 4 N–H and O–H groups in total. The molecule has 1 amide bonds. The molecular weight excluding hydrogens is 360 g/mol. The highest BCUT2D eigenvalue weighted by Crippen LogP contribution is 2.18. The van der Waals surface area contributed by atoms with E-state index in [1.807, 2.05) is 48.5 Å². The zero-order valence-electron chi connectivity index (χ0n) is 18.7. The van der Waals surface area contributed by atoms with E-state index in [0.717, 1.165) is 38.9 Å². The first-order valence-electron chi connectivity index (χ1n) is 10.1. The first-order valence-corrected chi connectivity index (χ1v) is 10.1. The average Bonchev–Trinajstić information content (AvgIpc) is 2.91. The van der Waals surface area contributed by atoms with Crippen LogP contribution in [0.4, 0.5) is 4.79 Å². The van der Waals surface area contributed by atoms with Crippen LogP contribution in [0.1, 0.15) is 67.7 Å². The van der Waals surface area contributed by atoms with E-state index in [1.165, 1.54) is 0 Å². The molecule has 2 saturated heterocycles. The number of carbonyl (C=O) groups is 2. The van der Waals surface area contributed by atoms with Crippen molar-refractivity contribution in [2.75, 3.05) is 26.2 Å². The average molecular weight is 401 g/mol. The molecule has 0 bridgehead atoms. The molecule has 2 fully saturated rings. The van der Waals surface area contributed by atoms with Crippen molar-refractivity contribution in [3.63, 3.8) is 0 Å². The highest BCUT2D eigenvalue weighted by atomic mass is 16.6. The molecule has 2 heterocycles. The van der Waals surface area contributed by atoms with Gasteiger partial charge in [-0.15, -0.1) is 0 Å². The number of esters is 1. The summed E-state index contributed by atoms with van der Waals surface area (Å²) in [6, 6.07) is 0. The van der Waals surface area contributed by atoms with Crippen LogP contribution in [0.25, 0.3) is 0 Å². The second-order valence-electron chi connectivity index (χ2n) is 9.98. The Morgan fingerprint density at radius 1 is 1.14 bits per heavy atom. The van der Waals surface area contributed by atoms with Crippen molar-refractivity contribution in [1.29, 1.82) is 0 Å². The zero-order chi connectivity index (χ0) is 21.6. The second kappa shape index (κ2) is 9.89. The molecule has 2 rings (SSSR count). The summed E-state index contributed by atoms with van der Waals surface area (Å²) < 4.78 is 10.5. The topological polar surface area (TPSA) is 106 Å². The SMILES string of the molecule is CC(C)(C)OC(=O)C1CCN(N)C1.CC1(NC(=O)OC(C)(C)C)CCCNC1. The van der Waals surface area contributed by atoms with Gasteiger partial charge in [0.25, 0.3) is 0 Å². The number of ether oxygens (including phenoxy) is 2. The van der Waals surface area contributed by atoms with Crippen LogP contribution in [0.15, 0.2) is 0 Å². The molecule has 2 aliphatic rings. The molecule has 8 heteroatoms. The van der Waals surface area contributed by atoms with Gasteiger partial charge in [-0.1, -0.05) is 0 Å². The molecule has 0 aromatic rings. The Kier molecular flexibility index (Phi) is 8.71. The van der Waals surface area contributed by atoms with E-state index in [4.69, 9.17) is 15.3 Å². The number of hydrazine groups is 1. The van der Waals surface area contributed by atoms with Gasteiger partial charge in [-0.05, 0) is 74.3 Å². The Morgan fingerprint density at radius 2 is 1.75 bits per heavy atom. The van der Waals surface area contributed by atoms with Gasteiger partial charge in [0, 0.05) is 19.6 Å². The molecule has 2 unspecified atom stereocenters. The lowest BCUT2D eigenvalue weighted by Crippen LogP contribution is -2.56. The minimum Gasteiger partial charge on any atom is -0.460 e. The lowest BCUT2D eigenvalue weighted by Gasteiger charge is -2.35. The summed E-state index contributed by atoms with van der Waals surface area (Å²) in [6.07, 6.45) is 2.57. The number of piperidine rings is 1. The highest BCUT2D eigenvalue weighted by molar-refractivity contribution is 5.73. The zero-order valence-corrected chi connectivity index (χ0v) is 18.7. The molecule has 0 aromatic carbocycles. The molecule has 0 spiro atoms. The lowest BCUT2D eigenvalue weighted by molar-refractivity contribution is -0.159. The number of amides is 1. The number of nitrogens with zero attached hydrogens (tertiary/aromatic N) is 1. The van der Waals surface area contributed by atoms with Gasteiger partial charge >= 0.3 is 12.1 Å². The monoisotopic (exact) mass is 400 g/mol. The summed E-state index contributed by atoms with van der Waals surface area (Å²) in [4.78, 5) is 23.1. The van der Waals surface area contributed by atoms with E-state index in [9.17, 15) is 9.59 Å². The quantitative estimate of drug-likeness (QED) is 0.482. The Balaban J connectivity index is 0.000000283. The number of carbonyl (C=O) groups excluding carboxylic acids is 2. The summed E-state index contributed by atoms with van der Waals surface area (Å²) in [5.74, 6) is 5.39. The van der Waals surface area contributed by atoms with Crippen LogP contribution in [0.3, 0.4) is 0 Å². The lowest BCUT2D eigenvalue weighted by atomic mass is 9.93. The number of hydrogen-bond acceptors (Lipinski definition) is 7. The first kappa shape index (κ1) is 24.7. The van der Waals surface area contributed by atoms with Gasteiger partial charge in [-0.25, -0.2) is 9.80 Å². The number of nitrogens with one attached hydrogen (secondary N) is 2. The summed E-state index contributed by atoms with van der Waals surface area (Å²) in [5.41, 5.74) is -0.984. The molecule has 8 nitrogen and oxygen atoms in total. The van der Waals surface area contributed by atoms with Crippen molar-refractivity contribution in [3.8, 4) is 0 Å². The Labute approximate surface area is 169 Å². The molecule has 28 heavy (non-hydrogen) atoms. The molecule has 2 aliphatic heterocycles. The molecule has 0 radical (unpaired) electrons. The largest absolute Gasteiger partial charge is 0.460 e. The van der Waals surface area contributed by atoms with Crippen molar-refractivity contribution >= 4 is 12.1 Å². The normalized spacial score (nSPS) is 26.1. The Hall–Kier alpha value is -1.38. The predicted octanol–water partition coefficient (Wildman–Crippen LogP) is 2.18. The van der Waals surface area contributed by atoms with Gasteiger partial charge in [0.2, 0.25) is 0 Å². The third-order valence-electron chi connectivity index (χ3n) is 4.36. The number of hydrogen-bond donors (Lipinski definition) is 3. The van der Waals surface area contributed by atoms with Gasteiger partial charge in [-0.2, -0.15) is 0 Å². The summed E-state index contributed by atoms with van der Waals surface area (Å²) in [6.45, 7) is 16.5. The fraction of sp³-hybridized carbons (Fsp3) is 0.900. The molecule has 164 valence electrons. The fourth-order valence-electron chi connectivity index (χ4n) is 3.08. The number of rotatable bonds is 2. The smallest absolute Gasteiger partial charge is 0.408 e. The number of alkyl carbamates (subject to hydrolysis) is 1. The van der Waals surface area contributed by atoms with Crippen LogP contribution < -0.4 is 16.5 Å². The van der Waals surface area contributed by atoms with Gasteiger partial charge < -0.3 is 20.1 Å². The van der Waals surface area contributed by atoms with Crippen molar-refractivity contribution in [2.24, 2.45) is 11.8 Å². The van der Waals surface area contributed by atoms with Gasteiger partial charge in [0.05, 0.1) is 11.5 Å². The van der Waals surface area contributed by atoms with E-state index in [1.54, 1.807) is 5.01 Å². The molecule has 0 saturated carbocycles. The Morgan fingerprint density at radius 3 is 2.18 bits per heavy atom. The maximum Gasteiger partial charge on any atom is 0.408 e. The maximum atomic E-state index is 11.6. The van der Waals surface area contributed by atoms with Crippen LogP contribution in [-0.4, -0.2) is 60.0 Å². The van der Waals surface area contributed by atoms with E-state index in [2.05, 4.69) is 10.6 Å². The molecule has 0 aliphatic carbocycles. The fourth-order valence-corrected chi connectivity index (χ4v) is 3.08.